The lowest BCUT2D eigenvalue weighted by molar-refractivity contribution is 0.197. The summed E-state index contributed by atoms with van der Waals surface area (Å²) in [6.07, 6.45) is 4.25. The summed E-state index contributed by atoms with van der Waals surface area (Å²) in [6.45, 7) is 5.24. The first-order valence-electron chi connectivity index (χ1n) is 6.79. The van der Waals surface area contributed by atoms with Gasteiger partial charge in [0.1, 0.15) is 0 Å². The summed E-state index contributed by atoms with van der Waals surface area (Å²) in [5, 5.41) is 3.39. The molecule has 0 aliphatic carbocycles. The van der Waals surface area contributed by atoms with Crippen molar-refractivity contribution in [2.24, 2.45) is 5.92 Å². The van der Waals surface area contributed by atoms with E-state index in [1.165, 1.54) is 37.3 Å². The van der Waals surface area contributed by atoms with Crippen LogP contribution in [0, 0.1) is 5.92 Å². The van der Waals surface area contributed by atoms with Gasteiger partial charge in [-0.3, -0.25) is 0 Å². The van der Waals surface area contributed by atoms with Gasteiger partial charge in [-0.25, -0.2) is 0 Å². The largest absolute Gasteiger partial charge is 0.383 e. The standard InChI is InChI=1S/C13H28N2OS/c1-15(9-6-14-7-10-16-2)8-3-13-4-11-17-12-5-13/h13-14H,3-12H2,1-2H3. The Kier molecular flexibility index (Phi) is 9.16. The number of nitrogens with zero attached hydrogens (tertiary/aromatic N) is 1. The van der Waals surface area contributed by atoms with Crippen LogP contribution in [0.2, 0.25) is 0 Å². The topological polar surface area (TPSA) is 24.5 Å². The van der Waals surface area contributed by atoms with Crippen molar-refractivity contribution in [3.8, 4) is 0 Å². The van der Waals surface area contributed by atoms with Gasteiger partial charge in [0.15, 0.2) is 0 Å². The number of ether oxygens (including phenoxy) is 1. The molecular formula is C13H28N2OS. The average molecular weight is 260 g/mol. The first kappa shape index (κ1) is 15.3. The van der Waals surface area contributed by atoms with E-state index in [1.807, 2.05) is 0 Å². The number of likely N-dealkylation sites (N-methyl/N-ethyl adjacent to an activating group) is 1. The van der Waals surface area contributed by atoms with Crippen molar-refractivity contribution in [1.82, 2.24) is 10.2 Å². The van der Waals surface area contributed by atoms with Crippen LogP contribution in [0.4, 0.5) is 0 Å². The van der Waals surface area contributed by atoms with Crippen molar-refractivity contribution in [2.75, 3.05) is 58.4 Å². The van der Waals surface area contributed by atoms with Crippen molar-refractivity contribution in [1.29, 1.82) is 0 Å². The first-order valence-corrected chi connectivity index (χ1v) is 7.94. The second-order valence-electron chi connectivity index (χ2n) is 4.89. The van der Waals surface area contributed by atoms with E-state index >= 15 is 0 Å². The van der Waals surface area contributed by atoms with Gasteiger partial charge in [-0.1, -0.05) is 0 Å². The lowest BCUT2D eigenvalue weighted by atomic mass is 9.99. The molecule has 0 atom stereocenters. The van der Waals surface area contributed by atoms with Gasteiger partial charge in [0.2, 0.25) is 0 Å². The summed E-state index contributed by atoms with van der Waals surface area (Å²) in [6, 6.07) is 0. The van der Waals surface area contributed by atoms with Crippen LogP contribution in [0.15, 0.2) is 0 Å². The Morgan fingerprint density at radius 2 is 2.00 bits per heavy atom. The van der Waals surface area contributed by atoms with Crippen LogP contribution in [-0.2, 0) is 4.74 Å². The van der Waals surface area contributed by atoms with Crippen molar-refractivity contribution in [3.63, 3.8) is 0 Å². The lowest BCUT2D eigenvalue weighted by Gasteiger charge is -2.24. The minimum absolute atomic E-state index is 0.809. The van der Waals surface area contributed by atoms with Crippen molar-refractivity contribution in [2.45, 2.75) is 19.3 Å². The normalized spacial score (nSPS) is 17.8. The van der Waals surface area contributed by atoms with Gasteiger partial charge in [0.25, 0.3) is 0 Å². The molecule has 4 heteroatoms. The fourth-order valence-corrected chi connectivity index (χ4v) is 3.32. The van der Waals surface area contributed by atoms with Crippen molar-refractivity contribution in [3.05, 3.63) is 0 Å². The SMILES string of the molecule is COCCNCCN(C)CCC1CCSCC1. The van der Waals surface area contributed by atoms with Crippen LogP contribution >= 0.6 is 11.8 Å². The van der Waals surface area contributed by atoms with E-state index < -0.39 is 0 Å². The number of thioether (sulfide) groups is 1. The zero-order valence-electron chi connectivity index (χ0n) is 11.4. The molecule has 0 bridgehead atoms. The van der Waals surface area contributed by atoms with E-state index in [1.54, 1.807) is 7.11 Å². The zero-order chi connectivity index (χ0) is 12.3. The van der Waals surface area contributed by atoms with Crippen LogP contribution in [-0.4, -0.2) is 63.3 Å². The third-order valence-corrected chi connectivity index (χ3v) is 4.46. The summed E-state index contributed by atoms with van der Waals surface area (Å²) >= 11 is 2.12. The van der Waals surface area contributed by atoms with Gasteiger partial charge < -0.3 is 15.0 Å². The van der Waals surface area contributed by atoms with E-state index in [9.17, 15) is 0 Å². The maximum Gasteiger partial charge on any atom is 0.0587 e. The minimum Gasteiger partial charge on any atom is -0.383 e. The Morgan fingerprint density at radius 1 is 1.24 bits per heavy atom. The van der Waals surface area contributed by atoms with E-state index in [-0.39, 0.29) is 0 Å². The number of nitrogens with one attached hydrogen (secondary N) is 1. The fraction of sp³-hybridized carbons (Fsp3) is 1.00. The Labute approximate surface area is 111 Å². The molecule has 17 heavy (non-hydrogen) atoms. The molecule has 1 aliphatic rings. The van der Waals surface area contributed by atoms with Gasteiger partial charge >= 0.3 is 0 Å². The van der Waals surface area contributed by atoms with Crippen LogP contribution in [0.25, 0.3) is 0 Å². The van der Waals surface area contributed by atoms with E-state index in [0.717, 1.165) is 32.2 Å². The molecule has 0 aromatic carbocycles. The molecule has 102 valence electrons. The molecule has 0 radical (unpaired) electrons. The summed E-state index contributed by atoms with van der Waals surface area (Å²) < 4.78 is 5.00. The Bertz CT molecular complexity index is 175. The van der Waals surface area contributed by atoms with Gasteiger partial charge in [-0.05, 0) is 50.3 Å². The van der Waals surface area contributed by atoms with Crippen LogP contribution in [0.1, 0.15) is 19.3 Å². The quantitative estimate of drug-likeness (QED) is 0.638. The molecular weight excluding hydrogens is 232 g/mol. The number of rotatable bonds is 9. The molecule has 0 aromatic rings. The molecule has 1 fully saturated rings. The van der Waals surface area contributed by atoms with Gasteiger partial charge in [-0.2, -0.15) is 11.8 Å². The number of hydrogen-bond acceptors (Lipinski definition) is 4. The molecule has 0 amide bonds. The smallest absolute Gasteiger partial charge is 0.0587 e. The van der Waals surface area contributed by atoms with Gasteiger partial charge in [0.05, 0.1) is 6.61 Å². The maximum absolute atomic E-state index is 5.00. The fourth-order valence-electron chi connectivity index (χ4n) is 2.12. The Hall–Kier alpha value is 0.230. The lowest BCUT2D eigenvalue weighted by Crippen LogP contribution is -2.32. The van der Waals surface area contributed by atoms with Gasteiger partial charge in [-0.15, -0.1) is 0 Å². The molecule has 1 aliphatic heterocycles. The predicted octanol–water partition coefficient (Wildman–Crippen LogP) is 1.69. The minimum atomic E-state index is 0.809. The van der Waals surface area contributed by atoms with E-state index in [2.05, 4.69) is 29.0 Å². The summed E-state index contributed by atoms with van der Waals surface area (Å²) in [7, 11) is 3.98. The molecule has 0 aromatic heterocycles. The van der Waals surface area contributed by atoms with Gasteiger partial charge in [0, 0.05) is 26.7 Å². The number of methoxy groups -OCH3 is 1. The zero-order valence-corrected chi connectivity index (χ0v) is 12.2. The van der Waals surface area contributed by atoms with Crippen LogP contribution in [0.3, 0.4) is 0 Å². The van der Waals surface area contributed by atoms with E-state index in [4.69, 9.17) is 4.74 Å². The molecule has 1 rings (SSSR count). The highest BCUT2D eigenvalue weighted by Crippen LogP contribution is 2.25. The Morgan fingerprint density at radius 3 is 2.71 bits per heavy atom. The second-order valence-corrected chi connectivity index (χ2v) is 6.12. The highest BCUT2D eigenvalue weighted by Gasteiger charge is 2.13. The molecule has 1 saturated heterocycles. The number of hydrogen-bond donors (Lipinski definition) is 1. The van der Waals surface area contributed by atoms with Crippen molar-refractivity contribution >= 4 is 11.8 Å². The third-order valence-electron chi connectivity index (χ3n) is 3.41. The van der Waals surface area contributed by atoms with E-state index in [0.29, 0.717) is 0 Å². The summed E-state index contributed by atoms with van der Waals surface area (Å²) in [4.78, 5) is 2.45. The highest BCUT2D eigenvalue weighted by atomic mass is 32.2. The highest BCUT2D eigenvalue weighted by molar-refractivity contribution is 7.99. The van der Waals surface area contributed by atoms with Crippen LogP contribution in [0.5, 0.6) is 0 Å². The van der Waals surface area contributed by atoms with Crippen molar-refractivity contribution < 1.29 is 4.74 Å². The maximum atomic E-state index is 5.00. The summed E-state index contributed by atoms with van der Waals surface area (Å²) in [5.74, 6) is 3.75. The average Bonchev–Trinajstić information content (AvgIpc) is 2.37. The Balaban J connectivity index is 1.91. The monoisotopic (exact) mass is 260 g/mol. The molecule has 0 spiro atoms. The first-order chi connectivity index (χ1) is 8.33. The molecule has 0 saturated carbocycles. The summed E-state index contributed by atoms with van der Waals surface area (Å²) in [5.41, 5.74) is 0. The molecule has 3 nitrogen and oxygen atoms in total. The van der Waals surface area contributed by atoms with Crippen LogP contribution < -0.4 is 5.32 Å². The second kappa shape index (κ2) is 10.2. The molecule has 0 unspecified atom stereocenters. The molecule has 1 heterocycles. The molecule has 1 N–H and O–H groups in total. The predicted molar refractivity (Wildman–Crippen MR) is 76.9 cm³/mol. The third kappa shape index (κ3) is 8.03.